The Labute approximate surface area is 149 Å². The van der Waals surface area contributed by atoms with E-state index in [0.717, 1.165) is 77.1 Å². The fourth-order valence-electron chi connectivity index (χ4n) is 3.83. The molecule has 0 aromatic heterocycles. The van der Waals surface area contributed by atoms with Crippen LogP contribution in [-0.2, 0) is 11.3 Å². The molecule has 0 spiro atoms. The van der Waals surface area contributed by atoms with Crippen molar-refractivity contribution >= 4 is 11.8 Å². The molecule has 1 aromatic carbocycles. The van der Waals surface area contributed by atoms with Gasteiger partial charge in [0, 0.05) is 57.3 Å². The molecule has 1 aromatic rings. The molecule has 1 aliphatic carbocycles. The fraction of sp³-hybridized carbons (Fsp3) is 0.600. The Hall–Kier alpha value is -1.88. The van der Waals surface area contributed by atoms with Crippen molar-refractivity contribution in [2.45, 2.75) is 32.2 Å². The highest BCUT2D eigenvalue weighted by Gasteiger charge is 2.34. The number of carbonyl (C=O) groups excluding carboxylic acids is 2. The molecule has 1 saturated carbocycles. The van der Waals surface area contributed by atoms with Crippen molar-refractivity contribution in [2.75, 3.05) is 39.3 Å². The number of hydrogen-bond donors (Lipinski definition) is 0. The number of rotatable bonds is 4. The van der Waals surface area contributed by atoms with Crippen LogP contribution < -0.4 is 0 Å². The molecule has 2 amide bonds. The summed E-state index contributed by atoms with van der Waals surface area (Å²) < 4.78 is 0. The molecule has 5 nitrogen and oxygen atoms in total. The molecule has 0 atom stereocenters. The number of piperazine rings is 1. The summed E-state index contributed by atoms with van der Waals surface area (Å²) in [4.78, 5) is 30.9. The number of benzene rings is 1. The summed E-state index contributed by atoms with van der Waals surface area (Å²) >= 11 is 0. The van der Waals surface area contributed by atoms with E-state index >= 15 is 0 Å². The summed E-state index contributed by atoms with van der Waals surface area (Å²) in [5, 5.41) is 0. The summed E-state index contributed by atoms with van der Waals surface area (Å²) in [7, 11) is 0. The lowest BCUT2D eigenvalue weighted by Crippen LogP contribution is -2.48. The largest absolute Gasteiger partial charge is 0.340 e. The Kier molecular flexibility index (Phi) is 4.75. The zero-order chi connectivity index (χ0) is 17.2. The molecule has 0 unspecified atom stereocenters. The van der Waals surface area contributed by atoms with Crippen molar-refractivity contribution in [1.29, 1.82) is 0 Å². The number of carbonyl (C=O) groups is 2. The third-order valence-electron chi connectivity index (χ3n) is 5.61. The third-order valence-corrected chi connectivity index (χ3v) is 5.61. The minimum absolute atomic E-state index is 0.163. The fourth-order valence-corrected chi connectivity index (χ4v) is 3.83. The van der Waals surface area contributed by atoms with E-state index in [0.29, 0.717) is 11.8 Å². The van der Waals surface area contributed by atoms with Crippen LogP contribution in [0.5, 0.6) is 0 Å². The monoisotopic (exact) mass is 341 g/mol. The van der Waals surface area contributed by atoms with Crippen molar-refractivity contribution < 1.29 is 9.59 Å². The van der Waals surface area contributed by atoms with E-state index in [2.05, 4.69) is 17.0 Å². The summed E-state index contributed by atoms with van der Waals surface area (Å²) in [6.07, 6.45) is 4.42. The zero-order valence-corrected chi connectivity index (χ0v) is 14.8. The van der Waals surface area contributed by atoms with Crippen LogP contribution in [0, 0.1) is 5.92 Å². The number of amides is 2. The number of hydrogen-bond acceptors (Lipinski definition) is 3. The van der Waals surface area contributed by atoms with E-state index in [1.807, 2.05) is 21.9 Å². The molecule has 2 saturated heterocycles. The lowest BCUT2D eigenvalue weighted by Gasteiger charge is -2.35. The number of likely N-dealkylation sites (tertiary alicyclic amines) is 1. The summed E-state index contributed by atoms with van der Waals surface area (Å²) in [5.74, 6) is 0.855. The molecule has 134 valence electrons. The van der Waals surface area contributed by atoms with E-state index in [1.165, 1.54) is 5.56 Å². The highest BCUT2D eigenvalue weighted by molar-refractivity contribution is 5.94. The van der Waals surface area contributed by atoms with E-state index in [9.17, 15) is 9.59 Å². The van der Waals surface area contributed by atoms with Crippen LogP contribution in [-0.4, -0.2) is 65.8 Å². The summed E-state index contributed by atoms with van der Waals surface area (Å²) in [6.45, 7) is 6.25. The van der Waals surface area contributed by atoms with Gasteiger partial charge in [-0.3, -0.25) is 14.5 Å². The van der Waals surface area contributed by atoms with E-state index < -0.39 is 0 Å². The van der Waals surface area contributed by atoms with E-state index in [-0.39, 0.29) is 5.91 Å². The van der Waals surface area contributed by atoms with Crippen LogP contribution in [0.15, 0.2) is 24.3 Å². The maximum absolute atomic E-state index is 12.4. The highest BCUT2D eigenvalue weighted by atomic mass is 16.2. The molecule has 0 radical (unpaired) electrons. The summed E-state index contributed by atoms with van der Waals surface area (Å²) in [5.41, 5.74) is 2.03. The molecule has 5 heteroatoms. The van der Waals surface area contributed by atoms with E-state index in [1.54, 1.807) is 0 Å². The van der Waals surface area contributed by atoms with Gasteiger partial charge in [-0.15, -0.1) is 0 Å². The van der Waals surface area contributed by atoms with Gasteiger partial charge in [-0.2, -0.15) is 0 Å². The van der Waals surface area contributed by atoms with Gasteiger partial charge in [-0.05, 0) is 43.4 Å². The van der Waals surface area contributed by atoms with Gasteiger partial charge < -0.3 is 9.80 Å². The van der Waals surface area contributed by atoms with Gasteiger partial charge in [0.25, 0.3) is 5.91 Å². The third kappa shape index (κ3) is 3.87. The Morgan fingerprint density at radius 2 is 1.48 bits per heavy atom. The molecule has 3 fully saturated rings. The average molecular weight is 341 g/mol. The molecule has 0 N–H and O–H groups in total. The van der Waals surface area contributed by atoms with Crippen molar-refractivity contribution in [1.82, 2.24) is 14.7 Å². The van der Waals surface area contributed by atoms with Crippen molar-refractivity contribution in [3.8, 4) is 0 Å². The Bertz CT molecular complexity index is 625. The van der Waals surface area contributed by atoms with Gasteiger partial charge in [0.15, 0.2) is 0 Å². The first-order valence-corrected chi connectivity index (χ1v) is 9.60. The molecule has 2 heterocycles. The van der Waals surface area contributed by atoms with Crippen LogP contribution in [0.2, 0.25) is 0 Å². The maximum Gasteiger partial charge on any atom is 0.253 e. The molecular formula is C20H27N3O2. The molecule has 4 rings (SSSR count). The molecular weight excluding hydrogens is 314 g/mol. The van der Waals surface area contributed by atoms with Crippen LogP contribution in [0.25, 0.3) is 0 Å². The SMILES string of the molecule is O=C(c1ccc(CN2CCN(C(=O)C3CC3)CC2)cc1)N1CCCC1. The minimum atomic E-state index is 0.163. The van der Waals surface area contributed by atoms with Gasteiger partial charge in [0.1, 0.15) is 0 Å². The van der Waals surface area contributed by atoms with Gasteiger partial charge in [-0.25, -0.2) is 0 Å². The first-order chi connectivity index (χ1) is 12.2. The normalized spacial score (nSPS) is 21.6. The Morgan fingerprint density at radius 3 is 2.08 bits per heavy atom. The lowest BCUT2D eigenvalue weighted by atomic mass is 10.1. The standard InChI is InChI=1S/C20H27N3O2/c24-19(22-9-1-2-10-22)17-5-3-16(4-6-17)15-21-11-13-23(14-12-21)20(25)18-7-8-18/h3-6,18H,1-2,7-15H2. The van der Waals surface area contributed by atoms with Gasteiger partial charge in [0.05, 0.1) is 0 Å². The van der Waals surface area contributed by atoms with Crippen molar-refractivity contribution in [2.24, 2.45) is 5.92 Å². The maximum atomic E-state index is 12.4. The molecule has 0 bridgehead atoms. The van der Waals surface area contributed by atoms with Gasteiger partial charge >= 0.3 is 0 Å². The second-order valence-corrected chi connectivity index (χ2v) is 7.57. The van der Waals surface area contributed by atoms with E-state index in [4.69, 9.17) is 0 Å². The van der Waals surface area contributed by atoms with Crippen molar-refractivity contribution in [3.05, 3.63) is 35.4 Å². The van der Waals surface area contributed by atoms with Gasteiger partial charge in [0.2, 0.25) is 5.91 Å². The lowest BCUT2D eigenvalue weighted by molar-refractivity contribution is -0.134. The van der Waals surface area contributed by atoms with Gasteiger partial charge in [-0.1, -0.05) is 12.1 Å². The summed E-state index contributed by atoms with van der Waals surface area (Å²) in [6, 6.07) is 8.07. The highest BCUT2D eigenvalue weighted by Crippen LogP contribution is 2.31. The topological polar surface area (TPSA) is 43.9 Å². The second-order valence-electron chi connectivity index (χ2n) is 7.57. The predicted octanol–water partition coefficient (Wildman–Crippen LogP) is 1.98. The number of nitrogens with zero attached hydrogens (tertiary/aromatic N) is 3. The van der Waals surface area contributed by atoms with Crippen LogP contribution in [0.1, 0.15) is 41.6 Å². The van der Waals surface area contributed by atoms with Crippen molar-refractivity contribution in [3.63, 3.8) is 0 Å². The first-order valence-electron chi connectivity index (χ1n) is 9.60. The molecule has 3 aliphatic rings. The average Bonchev–Trinajstić information content (AvgIpc) is 3.36. The molecule has 2 aliphatic heterocycles. The minimum Gasteiger partial charge on any atom is -0.340 e. The Morgan fingerprint density at radius 1 is 0.840 bits per heavy atom. The van der Waals surface area contributed by atoms with Crippen LogP contribution in [0.3, 0.4) is 0 Å². The second kappa shape index (κ2) is 7.16. The Balaban J connectivity index is 1.28. The quantitative estimate of drug-likeness (QED) is 0.841. The van der Waals surface area contributed by atoms with Crippen LogP contribution in [0.4, 0.5) is 0 Å². The first kappa shape index (κ1) is 16.6. The zero-order valence-electron chi connectivity index (χ0n) is 14.8. The smallest absolute Gasteiger partial charge is 0.253 e. The van der Waals surface area contributed by atoms with Crippen LogP contribution >= 0.6 is 0 Å². The molecule has 25 heavy (non-hydrogen) atoms. The predicted molar refractivity (Wildman–Crippen MR) is 96.2 cm³/mol.